The molecule has 0 fully saturated rings. The molecule has 6 heterocycles. The summed E-state index contributed by atoms with van der Waals surface area (Å²) in [6.45, 7) is 4.84. The fourth-order valence-electron chi connectivity index (χ4n) is 6.17. The van der Waals surface area contributed by atoms with Gasteiger partial charge in [-0.3, -0.25) is 24.4 Å². The molecule has 66 heavy (non-hydrogen) atoms. The fourth-order valence-corrected chi connectivity index (χ4v) is 7.00. The lowest BCUT2D eigenvalue weighted by Gasteiger charge is -2.14. The van der Waals surface area contributed by atoms with Gasteiger partial charge in [0.2, 0.25) is 9.84 Å². The van der Waals surface area contributed by atoms with E-state index in [2.05, 4.69) is 40.8 Å². The van der Waals surface area contributed by atoms with Crippen molar-refractivity contribution >= 4 is 66.9 Å². The van der Waals surface area contributed by atoms with Gasteiger partial charge in [0, 0.05) is 42.2 Å². The third kappa shape index (κ3) is 11.2. The summed E-state index contributed by atoms with van der Waals surface area (Å²) in [4.78, 5) is 51.8. The molecular weight excluding hydrogens is 901 g/mol. The molecule has 6 aromatic heterocycles. The number of aliphatic hydroxyl groups is 1. The highest BCUT2D eigenvalue weighted by atomic mass is 32.2. The minimum atomic E-state index is -3.59. The topological polar surface area (TPSA) is 265 Å². The molecule has 19 nitrogen and oxygen atoms in total. The molecule has 0 radical (unpaired) electrons. The Hall–Kier alpha value is -7.66. The van der Waals surface area contributed by atoms with Crippen LogP contribution < -0.4 is 10.6 Å². The summed E-state index contributed by atoms with van der Waals surface area (Å²) >= 11 is 1.40. The zero-order valence-corrected chi connectivity index (χ0v) is 37.3. The van der Waals surface area contributed by atoms with Gasteiger partial charge in [0.15, 0.2) is 5.78 Å². The van der Waals surface area contributed by atoms with Crippen molar-refractivity contribution < 1.29 is 45.5 Å². The summed E-state index contributed by atoms with van der Waals surface area (Å²) in [5, 5.41) is 31.3. The number of aliphatic hydroxyl groups excluding tert-OH is 1. The number of ketones is 1. The van der Waals surface area contributed by atoms with E-state index in [-0.39, 0.29) is 34.9 Å². The van der Waals surface area contributed by atoms with Crippen molar-refractivity contribution in [3.8, 4) is 11.4 Å². The van der Waals surface area contributed by atoms with Gasteiger partial charge in [-0.25, -0.2) is 36.5 Å². The van der Waals surface area contributed by atoms with E-state index in [0.29, 0.717) is 62.6 Å². The molecule has 2 amide bonds. The van der Waals surface area contributed by atoms with Gasteiger partial charge in [-0.15, -0.1) is 0 Å². The Morgan fingerprint density at radius 1 is 0.727 bits per heavy atom. The minimum absolute atomic E-state index is 0.235. The Balaban J connectivity index is 0.000000195. The van der Waals surface area contributed by atoms with Crippen molar-refractivity contribution in [3.05, 3.63) is 138 Å². The summed E-state index contributed by atoms with van der Waals surface area (Å²) in [5.74, 6) is -2.41. The molecule has 0 aliphatic heterocycles. The predicted molar refractivity (Wildman–Crippen MR) is 238 cm³/mol. The van der Waals surface area contributed by atoms with Crippen LogP contribution in [-0.4, -0.2) is 89.0 Å². The van der Waals surface area contributed by atoms with Crippen LogP contribution in [-0.2, 0) is 14.6 Å². The van der Waals surface area contributed by atoms with E-state index in [9.17, 15) is 31.6 Å². The Morgan fingerprint density at radius 3 is 1.52 bits per heavy atom. The molecule has 0 saturated carbocycles. The van der Waals surface area contributed by atoms with E-state index >= 15 is 0 Å². The number of oxazole rings is 2. The lowest BCUT2D eigenvalue weighted by Crippen LogP contribution is -2.28. The number of aromatic nitrogens is 8. The van der Waals surface area contributed by atoms with E-state index in [1.807, 2.05) is 20.1 Å². The predicted octanol–water partition coefficient (Wildman–Crippen LogP) is 7.08. The first-order valence-electron chi connectivity index (χ1n) is 19.7. The monoisotopic (exact) mass is 940 g/mol. The van der Waals surface area contributed by atoms with E-state index in [4.69, 9.17) is 19.4 Å². The van der Waals surface area contributed by atoms with Gasteiger partial charge in [-0.05, 0) is 67.6 Å². The van der Waals surface area contributed by atoms with E-state index in [1.165, 1.54) is 60.8 Å². The smallest absolute Gasteiger partial charge is 0.314 e. The molecule has 8 rings (SSSR count). The number of rotatable bonds is 13. The average Bonchev–Trinajstić information content (AvgIpc) is 4.15. The number of Topliss-reactive ketones (excluding diaryl/α,β-unsaturated/α-hetero) is 1. The van der Waals surface area contributed by atoms with Crippen molar-refractivity contribution in [3.63, 3.8) is 0 Å². The maximum atomic E-state index is 13.2. The van der Waals surface area contributed by atoms with Gasteiger partial charge in [0.1, 0.15) is 23.2 Å². The molecule has 342 valence electrons. The molecule has 2 aromatic carbocycles. The first kappa shape index (κ1) is 47.8. The molecule has 0 aliphatic carbocycles. The number of halogens is 2. The van der Waals surface area contributed by atoms with Crippen molar-refractivity contribution in [2.24, 2.45) is 0 Å². The van der Waals surface area contributed by atoms with E-state index in [1.54, 1.807) is 58.4 Å². The zero-order chi connectivity index (χ0) is 47.7. The first-order chi connectivity index (χ1) is 31.5. The summed E-state index contributed by atoms with van der Waals surface area (Å²) in [5.41, 5.74) is 3.22. The molecule has 0 saturated heterocycles. The highest BCUT2D eigenvalue weighted by molar-refractivity contribution is 7.98. The molecule has 3 N–H and O–H groups in total. The van der Waals surface area contributed by atoms with Crippen LogP contribution >= 0.6 is 11.8 Å². The second-order valence-corrected chi connectivity index (χ2v) is 16.7. The van der Waals surface area contributed by atoms with Gasteiger partial charge in [0.05, 0.1) is 82.8 Å². The van der Waals surface area contributed by atoms with Crippen LogP contribution in [0.1, 0.15) is 77.9 Å². The van der Waals surface area contributed by atoms with Crippen LogP contribution in [0.25, 0.3) is 38.6 Å². The maximum absolute atomic E-state index is 13.2. The largest absolute Gasteiger partial charge is 0.769 e. The number of nitrogens with zero attached hydrogens (tertiary/aromatic N) is 9. The molecule has 0 unspecified atom stereocenters. The fraction of sp³-hybridized carbons (Fsp3) is 0.209. The third-order valence-corrected chi connectivity index (χ3v) is 10.9. The summed E-state index contributed by atoms with van der Waals surface area (Å²) < 4.78 is 63.8. The normalized spacial score (nSPS) is 12.0. The quantitative estimate of drug-likeness (QED) is 0.0592. The van der Waals surface area contributed by atoms with Gasteiger partial charge >= 0.3 is 5.22 Å². The molecule has 0 spiro atoms. The van der Waals surface area contributed by atoms with Crippen LogP contribution in [0.3, 0.4) is 0 Å². The Labute approximate surface area is 379 Å². The van der Waals surface area contributed by atoms with E-state index in [0.717, 1.165) is 13.2 Å². The number of sulfone groups is 1. The zero-order valence-electron chi connectivity index (χ0n) is 35.7. The standard InChI is InChI=1S/C20H18FN5O4S.C20H18FN5O2S.C3H4NO2/c1-3-16(18-11-23-20(30-18)31(2,28)29)25-19(27)15-8-22-10-17-14(15)9-24-26(17)13-6-4-12(21)5-7-13;1-3-16(18-11-23-20(28-18)29-2)25-19(27)15-8-22-10-17-14(15)9-24-26(17)13-6-4-12(21)5-7-13;1-2(5)3(4)6/h4-11,16H,3H2,1-2H3,(H,25,27);4-11,16H,3H2,1-2H3,(H,25,27);1H3,(H-,4,6)/q;;-1/t2*16-;/m00./s1. The number of pyridine rings is 2. The molecule has 2 atom stereocenters. The maximum Gasteiger partial charge on any atom is 0.314 e. The van der Waals surface area contributed by atoms with Crippen molar-refractivity contribution in [2.45, 2.75) is 56.1 Å². The van der Waals surface area contributed by atoms with Crippen molar-refractivity contribution in [1.29, 1.82) is 0 Å². The summed E-state index contributed by atoms with van der Waals surface area (Å²) in [6.07, 6.45) is 16.1. The van der Waals surface area contributed by atoms with Crippen LogP contribution in [0, 0.1) is 11.6 Å². The molecule has 0 aliphatic rings. The lowest BCUT2D eigenvalue weighted by molar-refractivity contribution is -0.112. The van der Waals surface area contributed by atoms with Crippen LogP contribution in [0.5, 0.6) is 0 Å². The van der Waals surface area contributed by atoms with Crippen molar-refractivity contribution in [1.82, 2.24) is 50.1 Å². The van der Waals surface area contributed by atoms with Gasteiger partial charge in [-0.1, -0.05) is 25.6 Å². The highest BCUT2D eigenvalue weighted by Crippen LogP contribution is 2.27. The number of hydrogen-bond donors (Lipinski definition) is 3. The first-order valence-corrected chi connectivity index (χ1v) is 22.8. The number of fused-ring (bicyclic) bond motifs is 2. The number of amides is 2. The van der Waals surface area contributed by atoms with Crippen molar-refractivity contribution in [2.75, 3.05) is 12.5 Å². The second-order valence-electron chi connectivity index (χ2n) is 14.1. The number of carbonyl (C=O) groups excluding carboxylic acids is 3. The number of hydrogen-bond acceptors (Lipinski definition) is 14. The molecular formula is C43H40F2N11O8S2-. The van der Waals surface area contributed by atoms with Gasteiger partial charge < -0.3 is 30.0 Å². The third-order valence-electron chi connectivity index (χ3n) is 9.55. The average molecular weight is 941 g/mol. The highest BCUT2D eigenvalue weighted by Gasteiger charge is 2.24. The Kier molecular flexibility index (Phi) is 15.1. The van der Waals surface area contributed by atoms with Gasteiger partial charge in [-0.2, -0.15) is 10.2 Å². The second kappa shape index (κ2) is 20.9. The molecule has 0 bridgehead atoms. The van der Waals surface area contributed by atoms with Crippen LogP contribution in [0.2, 0.25) is 0 Å². The lowest BCUT2D eigenvalue weighted by atomic mass is 10.1. The molecule has 23 heteroatoms. The SMILES string of the molecule is CC(=O)C(=[N-])O.CC[C@H](NC(=O)c1cncc2c1cnn2-c1ccc(F)cc1)c1cnc(S(C)(=O)=O)o1.CC[C@H](NC(=O)c1cncc2c1cnn2-c1ccc(F)cc1)c1cnc(SC)o1. The molecule has 8 aromatic rings. The number of carbonyl (C=O) groups is 3. The Morgan fingerprint density at radius 2 is 1.15 bits per heavy atom. The van der Waals surface area contributed by atoms with E-state index < -0.39 is 38.7 Å². The van der Waals surface area contributed by atoms with Crippen LogP contribution in [0.15, 0.2) is 117 Å². The van der Waals surface area contributed by atoms with Crippen LogP contribution in [0.4, 0.5) is 8.78 Å². The number of benzene rings is 2. The summed E-state index contributed by atoms with van der Waals surface area (Å²) in [7, 11) is -3.59. The Bertz CT molecular complexity index is 3120. The minimum Gasteiger partial charge on any atom is -0.769 e. The van der Waals surface area contributed by atoms with Gasteiger partial charge in [0.25, 0.3) is 17.0 Å². The summed E-state index contributed by atoms with van der Waals surface area (Å²) in [6, 6.07) is 10.9. The number of thioether (sulfide) groups is 1. The number of nitrogens with one attached hydrogen (secondary N) is 2.